The number of hydrogen-bond donors (Lipinski definition) is 2. The Kier molecular flexibility index (Phi) is 4.31. The number of non-ortho nitro benzene ring substituents is 1. The number of rotatable bonds is 3. The Morgan fingerprint density at radius 1 is 1.04 bits per heavy atom. The van der Waals surface area contributed by atoms with Gasteiger partial charge in [0, 0.05) is 22.5 Å². The number of azo groups is 1. The number of aromatic nitrogens is 1. The van der Waals surface area contributed by atoms with Crippen molar-refractivity contribution >= 4 is 62.8 Å². The zero-order valence-electron chi connectivity index (χ0n) is 11.6. The lowest BCUT2D eigenvalue weighted by molar-refractivity contribution is -0.384. The molecule has 3 rings (SSSR count). The summed E-state index contributed by atoms with van der Waals surface area (Å²) in [5.74, 6) is -0.282. The molecule has 1 aromatic heterocycles. The minimum absolute atomic E-state index is 0.0378. The van der Waals surface area contributed by atoms with E-state index in [0.717, 1.165) is 0 Å². The van der Waals surface area contributed by atoms with Gasteiger partial charge in [0.2, 0.25) is 5.88 Å². The van der Waals surface area contributed by atoms with Crippen molar-refractivity contribution in [3.05, 3.63) is 55.5 Å². The quantitative estimate of drug-likeness (QED) is 0.320. The molecule has 0 amide bonds. The molecule has 0 radical (unpaired) electrons. The Balaban J connectivity index is 2.11. The van der Waals surface area contributed by atoms with Crippen molar-refractivity contribution in [2.75, 3.05) is 0 Å². The summed E-state index contributed by atoms with van der Waals surface area (Å²) in [7, 11) is 0. The van der Waals surface area contributed by atoms with Gasteiger partial charge in [0.15, 0.2) is 5.69 Å². The average Bonchev–Trinajstić information content (AvgIpc) is 2.81. The first-order chi connectivity index (χ1) is 11.4. The first-order valence-corrected chi connectivity index (χ1v) is 7.55. The second-order valence-corrected chi connectivity index (χ2v) is 5.98. The van der Waals surface area contributed by atoms with Crippen molar-refractivity contribution in [1.29, 1.82) is 0 Å². The lowest BCUT2D eigenvalue weighted by Gasteiger charge is -2.01. The molecule has 0 unspecified atom stereocenters. The largest absolute Gasteiger partial charge is 0.493 e. The fourth-order valence-corrected chi connectivity index (χ4v) is 2.99. The third kappa shape index (κ3) is 3.01. The van der Waals surface area contributed by atoms with Gasteiger partial charge in [-0.2, -0.15) is 0 Å². The standard InChI is InChI=1S/C14H7Cl3N4O3/c15-6-3-9(16)13(10(17)4-6)20-19-12-8-5-7(21(23)24)1-2-11(8)18-14(12)22/h1-5,18,22H. The molecule has 0 saturated heterocycles. The average molecular weight is 386 g/mol. The molecule has 7 nitrogen and oxygen atoms in total. The number of halogens is 3. The van der Waals surface area contributed by atoms with Gasteiger partial charge in [-0.1, -0.05) is 34.8 Å². The minimum Gasteiger partial charge on any atom is -0.493 e. The second kappa shape index (κ2) is 6.27. The Morgan fingerprint density at radius 3 is 2.29 bits per heavy atom. The highest BCUT2D eigenvalue weighted by Gasteiger charge is 2.15. The summed E-state index contributed by atoms with van der Waals surface area (Å²) < 4.78 is 0. The van der Waals surface area contributed by atoms with Crippen molar-refractivity contribution in [3.63, 3.8) is 0 Å². The van der Waals surface area contributed by atoms with Crippen LogP contribution in [0.4, 0.5) is 17.1 Å². The molecular formula is C14H7Cl3N4O3. The predicted octanol–water partition coefficient (Wildman–Crippen LogP) is 6.16. The molecule has 0 spiro atoms. The topological polar surface area (TPSA) is 104 Å². The second-order valence-electron chi connectivity index (χ2n) is 4.73. The third-order valence-corrected chi connectivity index (χ3v) is 3.97. The monoisotopic (exact) mass is 384 g/mol. The molecule has 0 aliphatic heterocycles. The summed E-state index contributed by atoms with van der Waals surface area (Å²) in [4.78, 5) is 13.0. The van der Waals surface area contributed by atoms with Crippen molar-refractivity contribution in [3.8, 4) is 5.88 Å². The summed E-state index contributed by atoms with van der Waals surface area (Å²) >= 11 is 17.9. The lowest BCUT2D eigenvalue weighted by atomic mass is 10.2. The van der Waals surface area contributed by atoms with Crippen LogP contribution in [0.2, 0.25) is 15.1 Å². The zero-order valence-corrected chi connectivity index (χ0v) is 13.9. The zero-order chi connectivity index (χ0) is 17.4. The lowest BCUT2D eigenvalue weighted by Crippen LogP contribution is -1.86. The first-order valence-electron chi connectivity index (χ1n) is 6.42. The molecule has 0 saturated carbocycles. The van der Waals surface area contributed by atoms with E-state index in [1.807, 2.05) is 0 Å². The molecule has 0 bridgehead atoms. The molecule has 0 aliphatic carbocycles. The molecule has 24 heavy (non-hydrogen) atoms. The fraction of sp³-hybridized carbons (Fsp3) is 0. The number of nitrogens with zero attached hydrogens (tertiary/aromatic N) is 3. The van der Waals surface area contributed by atoms with Gasteiger partial charge in [0.25, 0.3) is 5.69 Å². The number of nitrogens with one attached hydrogen (secondary N) is 1. The number of nitro benzene ring substituents is 1. The van der Waals surface area contributed by atoms with E-state index in [1.165, 1.54) is 30.3 Å². The van der Waals surface area contributed by atoms with Gasteiger partial charge >= 0.3 is 0 Å². The summed E-state index contributed by atoms with van der Waals surface area (Å²) in [6.45, 7) is 0. The van der Waals surface area contributed by atoms with E-state index in [1.54, 1.807) is 0 Å². The van der Waals surface area contributed by atoms with Gasteiger partial charge in [0.05, 0.1) is 20.5 Å². The van der Waals surface area contributed by atoms with Crippen LogP contribution in [0, 0.1) is 10.1 Å². The van der Waals surface area contributed by atoms with E-state index in [9.17, 15) is 15.2 Å². The number of benzene rings is 2. The highest BCUT2D eigenvalue weighted by Crippen LogP contribution is 2.41. The Bertz CT molecular complexity index is 977. The Morgan fingerprint density at radius 2 is 1.67 bits per heavy atom. The molecule has 3 aromatic rings. The maximum absolute atomic E-state index is 10.9. The number of H-pyrrole nitrogens is 1. The van der Waals surface area contributed by atoms with E-state index >= 15 is 0 Å². The van der Waals surface area contributed by atoms with Crippen LogP contribution in [0.25, 0.3) is 10.9 Å². The third-order valence-electron chi connectivity index (χ3n) is 3.18. The smallest absolute Gasteiger partial charge is 0.270 e. The van der Waals surface area contributed by atoms with Crippen LogP contribution in [0.3, 0.4) is 0 Å². The molecule has 1 heterocycles. The van der Waals surface area contributed by atoms with Crippen LogP contribution in [-0.2, 0) is 0 Å². The number of aromatic hydroxyl groups is 1. The van der Waals surface area contributed by atoms with Crippen LogP contribution in [0.1, 0.15) is 0 Å². The summed E-state index contributed by atoms with van der Waals surface area (Å²) in [6.07, 6.45) is 0. The highest BCUT2D eigenvalue weighted by atomic mass is 35.5. The summed E-state index contributed by atoms with van der Waals surface area (Å²) in [6, 6.07) is 6.96. The van der Waals surface area contributed by atoms with Gasteiger partial charge in [-0.3, -0.25) is 10.1 Å². The summed E-state index contributed by atoms with van der Waals surface area (Å²) in [5.41, 5.74) is 0.540. The van der Waals surface area contributed by atoms with E-state index in [2.05, 4.69) is 15.2 Å². The molecule has 2 aromatic carbocycles. The van der Waals surface area contributed by atoms with Gasteiger partial charge < -0.3 is 10.1 Å². The van der Waals surface area contributed by atoms with Crippen molar-refractivity contribution in [2.45, 2.75) is 0 Å². The fourth-order valence-electron chi connectivity index (χ4n) is 2.10. The van der Waals surface area contributed by atoms with Gasteiger partial charge in [-0.15, -0.1) is 10.2 Å². The highest BCUT2D eigenvalue weighted by molar-refractivity contribution is 6.41. The van der Waals surface area contributed by atoms with Crippen molar-refractivity contribution in [2.24, 2.45) is 10.2 Å². The molecule has 122 valence electrons. The number of fused-ring (bicyclic) bond motifs is 1. The van der Waals surface area contributed by atoms with E-state index in [0.29, 0.717) is 15.9 Å². The molecular weight excluding hydrogens is 379 g/mol. The van der Waals surface area contributed by atoms with Crippen LogP contribution in [0.15, 0.2) is 40.6 Å². The molecule has 0 atom stereocenters. The van der Waals surface area contributed by atoms with E-state index in [4.69, 9.17) is 34.8 Å². The first kappa shape index (κ1) is 16.5. The Hall–Kier alpha value is -2.35. The van der Waals surface area contributed by atoms with Crippen molar-refractivity contribution < 1.29 is 10.0 Å². The van der Waals surface area contributed by atoms with Crippen LogP contribution >= 0.6 is 34.8 Å². The van der Waals surface area contributed by atoms with Crippen LogP contribution in [0.5, 0.6) is 5.88 Å². The maximum atomic E-state index is 10.9. The number of aromatic amines is 1. The number of hydrogen-bond acceptors (Lipinski definition) is 5. The molecule has 2 N–H and O–H groups in total. The number of nitro groups is 1. The molecule has 0 fully saturated rings. The van der Waals surface area contributed by atoms with Crippen molar-refractivity contribution in [1.82, 2.24) is 4.98 Å². The van der Waals surface area contributed by atoms with E-state index in [-0.39, 0.29) is 33.0 Å². The maximum Gasteiger partial charge on any atom is 0.270 e. The van der Waals surface area contributed by atoms with Gasteiger partial charge in [0.1, 0.15) is 5.69 Å². The minimum atomic E-state index is -0.544. The normalized spacial score (nSPS) is 11.5. The van der Waals surface area contributed by atoms with Gasteiger partial charge in [-0.25, -0.2) is 0 Å². The molecule has 0 aliphatic rings. The summed E-state index contributed by atoms with van der Waals surface area (Å²) in [5, 5.41) is 29.8. The predicted molar refractivity (Wildman–Crippen MR) is 92.3 cm³/mol. The van der Waals surface area contributed by atoms with Crippen LogP contribution < -0.4 is 0 Å². The Labute approximate surface area is 149 Å². The SMILES string of the molecule is O=[N+]([O-])c1ccc2[nH]c(O)c(N=Nc3c(Cl)cc(Cl)cc3Cl)c2c1. The van der Waals surface area contributed by atoms with Crippen LogP contribution in [-0.4, -0.2) is 15.0 Å². The van der Waals surface area contributed by atoms with E-state index < -0.39 is 4.92 Å². The van der Waals surface area contributed by atoms with Gasteiger partial charge in [-0.05, 0) is 18.2 Å². The molecule has 10 heteroatoms.